The van der Waals surface area contributed by atoms with E-state index in [4.69, 9.17) is 4.74 Å². The number of hydrogen-bond acceptors (Lipinski definition) is 6. The molecule has 0 radical (unpaired) electrons. The highest BCUT2D eigenvalue weighted by Gasteiger charge is 2.26. The number of aromatic nitrogens is 6. The van der Waals surface area contributed by atoms with Crippen LogP contribution in [0.3, 0.4) is 0 Å². The molecular formula is C23H23N7O2. The van der Waals surface area contributed by atoms with Crippen LogP contribution in [0.25, 0.3) is 17.1 Å². The van der Waals surface area contributed by atoms with Crippen molar-refractivity contribution in [2.75, 3.05) is 12.4 Å². The van der Waals surface area contributed by atoms with Crippen LogP contribution in [0.4, 0.5) is 5.69 Å². The predicted molar refractivity (Wildman–Crippen MR) is 119 cm³/mol. The second-order valence-electron chi connectivity index (χ2n) is 7.66. The summed E-state index contributed by atoms with van der Waals surface area (Å²) in [5.74, 6) is 1.43. The first-order chi connectivity index (χ1) is 15.7. The number of carbonyl (C=O) groups is 1. The quantitative estimate of drug-likeness (QED) is 0.481. The minimum atomic E-state index is -0.332. The summed E-state index contributed by atoms with van der Waals surface area (Å²) in [6, 6.07) is 9.12. The fourth-order valence-electron chi connectivity index (χ4n) is 3.69. The Morgan fingerprint density at radius 3 is 2.88 bits per heavy atom. The lowest BCUT2D eigenvalue weighted by molar-refractivity contribution is 0.102. The third kappa shape index (κ3) is 3.73. The van der Waals surface area contributed by atoms with Gasteiger partial charge in [-0.3, -0.25) is 9.78 Å². The van der Waals surface area contributed by atoms with Crippen molar-refractivity contribution in [2.45, 2.75) is 32.2 Å². The Hall–Kier alpha value is -4.01. The molecule has 3 aromatic heterocycles. The number of nitrogens with zero attached hydrogens (tertiary/aromatic N) is 6. The Kier molecular flexibility index (Phi) is 5.14. The van der Waals surface area contributed by atoms with Crippen molar-refractivity contribution >= 4 is 11.6 Å². The largest absolute Gasteiger partial charge is 0.494 e. The molecule has 1 amide bonds. The van der Waals surface area contributed by atoms with E-state index in [-0.39, 0.29) is 5.91 Å². The van der Waals surface area contributed by atoms with Crippen molar-refractivity contribution < 1.29 is 9.53 Å². The first-order valence-electron chi connectivity index (χ1n) is 10.5. The van der Waals surface area contributed by atoms with Gasteiger partial charge in [0.15, 0.2) is 11.6 Å². The van der Waals surface area contributed by atoms with Gasteiger partial charge in [-0.2, -0.15) is 0 Å². The maximum atomic E-state index is 13.0. The Balaban J connectivity index is 1.42. The van der Waals surface area contributed by atoms with E-state index in [2.05, 4.69) is 25.5 Å². The number of methoxy groups -OCH3 is 1. The average molecular weight is 429 g/mol. The van der Waals surface area contributed by atoms with Gasteiger partial charge in [-0.25, -0.2) is 4.98 Å². The monoisotopic (exact) mass is 429 g/mol. The smallest absolute Gasteiger partial charge is 0.274 e. The standard InChI is InChI=1S/C23H23N7O2/c1-3-29-14-26-28-22(29)17-5-4-6-18(21(17)32-2)27-23(31)19-11-16(9-10-24-19)30-12-20(25-13-30)15-7-8-15/h4-6,9-15H,3,7-8H2,1-2H3,(H,27,31). The molecule has 0 bridgehead atoms. The number of anilines is 1. The zero-order valence-electron chi connectivity index (χ0n) is 17.9. The van der Waals surface area contributed by atoms with E-state index in [9.17, 15) is 4.79 Å². The molecule has 1 aliphatic carbocycles. The molecule has 0 atom stereocenters. The molecule has 0 aliphatic heterocycles. The summed E-state index contributed by atoms with van der Waals surface area (Å²) in [6.45, 7) is 2.73. The topological polar surface area (TPSA) is 99.8 Å². The summed E-state index contributed by atoms with van der Waals surface area (Å²) in [6.07, 6.45) is 9.47. The number of pyridine rings is 1. The average Bonchev–Trinajstić information content (AvgIpc) is 3.36. The highest BCUT2D eigenvalue weighted by molar-refractivity contribution is 6.04. The molecule has 0 spiro atoms. The molecular weight excluding hydrogens is 406 g/mol. The molecule has 1 N–H and O–H groups in total. The molecule has 9 heteroatoms. The van der Waals surface area contributed by atoms with Gasteiger partial charge >= 0.3 is 0 Å². The van der Waals surface area contributed by atoms with Gasteiger partial charge in [0.2, 0.25) is 0 Å². The molecule has 5 rings (SSSR count). The van der Waals surface area contributed by atoms with E-state index in [0.29, 0.717) is 28.9 Å². The third-order valence-electron chi connectivity index (χ3n) is 5.54. The van der Waals surface area contributed by atoms with Gasteiger partial charge in [0.25, 0.3) is 5.91 Å². The lowest BCUT2D eigenvalue weighted by Crippen LogP contribution is -2.15. The molecule has 162 valence electrons. The van der Waals surface area contributed by atoms with Crippen molar-refractivity contribution in [1.29, 1.82) is 0 Å². The fraction of sp³-hybridized carbons (Fsp3) is 0.261. The zero-order chi connectivity index (χ0) is 22.1. The molecule has 1 saturated carbocycles. The van der Waals surface area contributed by atoms with Crippen molar-refractivity contribution in [2.24, 2.45) is 0 Å². The number of carbonyl (C=O) groups excluding carboxylic acids is 1. The number of rotatable bonds is 7. The van der Waals surface area contributed by atoms with Gasteiger partial charge in [-0.1, -0.05) is 6.07 Å². The van der Waals surface area contributed by atoms with Crippen LogP contribution in [0.2, 0.25) is 0 Å². The molecule has 0 unspecified atom stereocenters. The zero-order valence-corrected chi connectivity index (χ0v) is 17.9. The van der Waals surface area contributed by atoms with E-state index < -0.39 is 0 Å². The van der Waals surface area contributed by atoms with E-state index in [0.717, 1.165) is 23.5 Å². The Morgan fingerprint density at radius 1 is 1.22 bits per heavy atom. The number of benzene rings is 1. The number of aryl methyl sites for hydroxylation is 1. The maximum Gasteiger partial charge on any atom is 0.274 e. The lowest BCUT2D eigenvalue weighted by Gasteiger charge is -2.14. The number of ether oxygens (including phenoxy) is 1. The van der Waals surface area contributed by atoms with E-state index in [1.807, 2.05) is 40.5 Å². The summed E-state index contributed by atoms with van der Waals surface area (Å²) in [4.78, 5) is 21.8. The number of amides is 1. The summed E-state index contributed by atoms with van der Waals surface area (Å²) >= 11 is 0. The number of para-hydroxylation sites is 1. The Morgan fingerprint density at radius 2 is 2.09 bits per heavy atom. The van der Waals surface area contributed by atoms with Crippen molar-refractivity contribution in [1.82, 2.24) is 29.3 Å². The molecule has 1 aliphatic rings. The van der Waals surface area contributed by atoms with Gasteiger partial charge in [-0.05, 0) is 44.0 Å². The molecule has 1 fully saturated rings. The number of hydrogen-bond donors (Lipinski definition) is 1. The first kappa shape index (κ1) is 19.9. The summed E-state index contributed by atoms with van der Waals surface area (Å²) in [5.41, 5.74) is 3.51. The minimum Gasteiger partial charge on any atom is -0.494 e. The molecule has 4 aromatic rings. The number of imidazole rings is 1. The molecule has 9 nitrogen and oxygen atoms in total. The van der Waals surface area contributed by atoms with Crippen LogP contribution >= 0.6 is 0 Å². The van der Waals surface area contributed by atoms with Crippen LogP contribution in [0.5, 0.6) is 5.75 Å². The van der Waals surface area contributed by atoms with Crippen LogP contribution in [0, 0.1) is 0 Å². The van der Waals surface area contributed by atoms with Crippen LogP contribution in [0.1, 0.15) is 41.9 Å². The maximum absolute atomic E-state index is 13.0. The normalized spacial score (nSPS) is 13.2. The lowest BCUT2D eigenvalue weighted by atomic mass is 10.1. The highest BCUT2D eigenvalue weighted by Crippen LogP contribution is 2.39. The van der Waals surface area contributed by atoms with Gasteiger partial charge in [0.1, 0.15) is 12.0 Å². The van der Waals surface area contributed by atoms with Gasteiger partial charge < -0.3 is 19.2 Å². The molecule has 3 heterocycles. The van der Waals surface area contributed by atoms with Gasteiger partial charge in [-0.15, -0.1) is 10.2 Å². The van der Waals surface area contributed by atoms with Crippen LogP contribution in [-0.4, -0.2) is 42.3 Å². The SMILES string of the molecule is CCn1cnnc1-c1cccc(NC(=O)c2cc(-n3cnc(C4CC4)c3)ccn2)c1OC. The Labute approximate surface area is 185 Å². The van der Waals surface area contributed by atoms with Crippen molar-refractivity contribution in [3.05, 3.63) is 66.8 Å². The number of nitrogens with one attached hydrogen (secondary N) is 1. The summed E-state index contributed by atoms with van der Waals surface area (Å²) in [7, 11) is 1.57. The van der Waals surface area contributed by atoms with E-state index in [1.54, 1.807) is 38.1 Å². The first-order valence-corrected chi connectivity index (χ1v) is 10.5. The van der Waals surface area contributed by atoms with Gasteiger partial charge in [0.05, 0.1) is 36.1 Å². The molecule has 1 aromatic carbocycles. The van der Waals surface area contributed by atoms with E-state index in [1.165, 1.54) is 12.8 Å². The van der Waals surface area contributed by atoms with Crippen LogP contribution < -0.4 is 10.1 Å². The Bertz CT molecular complexity index is 1270. The van der Waals surface area contributed by atoms with Crippen molar-refractivity contribution in [3.63, 3.8) is 0 Å². The van der Waals surface area contributed by atoms with Crippen LogP contribution in [0.15, 0.2) is 55.4 Å². The second kappa shape index (κ2) is 8.26. The summed E-state index contributed by atoms with van der Waals surface area (Å²) in [5, 5.41) is 11.1. The van der Waals surface area contributed by atoms with Gasteiger partial charge in [0, 0.05) is 24.9 Å². The van der Waals surface area contributed by atoms with Crippen LogP contribution in [-0.2, 0) is 6.54 Å². The fourth-order valence-corrected chi connectivity index (χ4v) is 3.69. The van der Waals surface area contributed by atoms with E-state index >= 15 is 0 Å². The van der Waals surface area contributed by atoms with Crippen molar-refractivity contribution in [3.8, 4) is 22.8 Å². The second-order valence-corrected chi connectivity index (χ2v) is 7.66. The molecule has 32 heavy (non-hydrogen) atoms. The third-order valence-corrected chi connectivity index (χ3v) is 5.54. The predicted octanol–water partition coefficient (Wildman–Crippen LogP) is 3.68. The summed E-state index contributed by atoms with van der Waals surface area (Å²) < 4.78 is 9.47. The highest BCUT2D eigenvalue weighted by atomic mass is 16.5. The molecule has 0 saturated heterocycles. The minimum absolute atomic E-state index is 0.299.